The summed E-state index contributed by atoms with van der Waals surface area (Å²) in [6.07, 6.45) is 9.19. The molecule has 32 heteroatoms. The Morgan fingerprint density at radius 1 is 0.492 bits per heavy atom. The number of nitrogen functional groups attached to an aromatic ring is 3. The predicted molar refractivity (Wildman–Crippen MR) is 501 cm³/mol. The van der Waals surface area contributed by atoms with Gasteiger partial charge in [0.2, 0.25) is 23.5 Å². The van der Waals surface area contributed by atoms with E-state index < -0.39 is 51.6 Å². The Bertz CT molecular complexity index is 6700. The summed E-state index contributed by atoms with van der Waals surface area (Å²) in [6.45, 7) is 36.4. The molecule has 672 valence electrons. The van der Waals surface area contributed by atoms with E-state index in [-0.39, 0.29) is 190 Å². The van der Waals surface area contributed by atoms with Gasteiger partial charge in [-0.15, -0.1) is 0 Å². The van der Waals surface area contributed by atoms with E-state index in [1.54, 1.807) is 51.5 Å². The van der Waals surface area contributed by atoms with Gasteiger partial charge in [-0.3, -0.25) is 57.4 Å². The van der Waals surface area contributed by atoms with Crippen LogP contribution in [0.2, 0.25) is 10.0 Å². The highest BCUT2D eigenvalue weighted by Gasteiger charge is 2.46. The summed E-state index contributed by atoms with van der Waals surface area (Å²) in [5.41, 5.74) is 23.6. The first-order valence-electron chi connectivity index (χ1n) is 42.9. The van der Waals surface area contributed by atoms with Crippen molar-refractivity contribution in [1.29, 1.82) is 0 Å². The third-order valence-corrected chi connectivity index (χ3v) is 26.1. The van der Waals surface area contributed by atoms with E-state index in [1.807, 2.05) is 99.0 Å². The minimum atomic E-state index is -0.971. The molecule has 24 nitrogen and oxygen atoms in total. The molecule has 6 unspecified atom stereocenters. The second kappa shape index (κ2) is 34.8. The zero-order chi connectivity index (χ0) is 93.3. The van der Waals surface area contributed by atoms with Crippen molar-refractivity contribution in [3.05, 3.63) is 263 Å². The molecular formula is C98H97Cl2F6N17O7. The number of pyridine rings is 7. The second-order valence-corrected chi connectivity index (χ2v) is 35.7. The molecule has 6 aliphatic rings. The molecule has 0 spiro atoms. The SMILES string of the molecule is C=CC(=O)N1CC2CNc3c(c4cc(F)c(-c5cc(N)ccc5Cl)c(F)c4n(-c4c(C)ccnc4C(C)C)c3=O)N2CC1C.C=CC(=O)N1CC2COc3c(c4cc(F)c(-c5cc(N)ccc5Cl)c(F)c4n(-c4c(C)ccnc4C(C)C)c3=O)N2CC1C.C=CC(=O)N1CC2Cc3c(c4cc(F)c(-c5c(N)cccc5F)nc4n(-c4c(C)ccnc4C(C)C)c3=O)N2CC1C. The molecule has 0 radical (unpaired) electrons. The fourth-order valence-corrected chi connectivity index (χ4v) is 19.8. The number of nitrogens with two attached hydrogens (primary N) is 3. The molecule has 3 fully saturated rings. The number of hydrogen-bond acceptors (Lipinski definition) is 18. The number of nitrogens with zero attached hydrogens (tertiary/aromatic N) is 13. The first kappa shape index (κ1) is 89.9. The van der Waals surface area contributed by atoms with Crippen LogP contribution < -0.4 is 58.6 Å². The Morgan fingerprint density at radius 3 is 1.39 bits per heavy atom. The van der Waals surface area contributed by atoms with Crippen molar-refractivity contribution in [3.63, 3.8) is 0 Å². The summed E-state index contributed by atoms with van der Waals surface area (Å²) < 4.78 is 108. The van der Waals surface area contributed by atoms with Gasteiger partial charge < -0.3 is 56.7 Å². The Labute approximate surface area is 755 Å². The number of fused-ring (bicyclic) bond motifs is 15. The molecule has 5 aromatic carbocycles. The fraction of sp³-hybridized carbons (Fsp3) is 0.306. The van der Waals surface area contributed by atoms with Crippen LogP contribution in [0.5, 0.6) is 5.75 Å². The van der Waals surface area contributed by atoms with Crippen LogP contribution in [-0.4, -0.2) is 155 Å². The molecule has 7 aromatic heterocycles. The van der Waals surface area contributed by atoms with Crippen molar-refractivity contribution in [1.82, 2.24) is 48.3 Å². The third-order valence-electron chi connectivity index (χ3n) is 25.5. The van der Waals surface area contributed by atoms with Gasteiger partial charge in [0.15, 0.2) is 17.5 Å². The van der Waals surface area contributed by atoms with Crippen molar-refractivity contribution in [2.75, 3.05) is 89.6 Å². The maximum Gasteiger partial charge on any atom is 0.300 e. The maximum atomic E-state index is 17.2. The normalized spacial score (nSPS) is 17.9. The van der Waals surface area contributed by atoms with E-state index in [0.29, 0.717) is 113 Å². The second-order valence-electron chi connectivity index (χ2n) is 34.9. The van der Waals surface area contributed by atoms with Crippen molar-refractivity contribution >= 4 is 114 Å². The van der Waals surface area contributed by atoms with Gasteiger partial charge >= 0.3 is 0 Å². The van der Waals surface area contributed by atoms with E-state index in [1.165, 1.54) is 98.7 Å². The highest BCUT2D eigenvalue weighted by atomic mass is 35.5. The van der Waals surface area contributed by atoms with Crippen LogP contribution in [0.3, 0.4) is 0 Å². The number of ether oxygens (including phenoxy) is 1. The van der Waals surface area contributed by atoms with Crippen LogP contribution in [0.4, 0.5) is 66.2 Å². The Balaban J connectivity index is 0.000000143. The summed E-state index contributed by atoms with van der Waals surface area (Å²) in [6, 6.07) is 20.7. The predicted octanol–water partition coefficient (Wildman–Crippen LogP) is 16.9. The largest absolute Gasteiger partial charge is 0.484 e. The molecule has 130 heavy (non-hydrogen) atoms. The molecular weight excluding hydrogens is 1710 g/mol. The lowest BCUT2D eigenvalue weighted by Crippen LogP contribution is -2.62. The number of amides is 3. The molecule has 18 rings (SSSR count). The van der Waals surface area contributed by atoms with Gasteiger partial charge in [0, 0.05) is 149 Å². The number of piperazine rings is 3. The van der Waals surface area contributed by atoms with Crippen molar-refractivity contribution < 1.29 is 45.5 Å². The quantitative estimate of drug-likeness (QED) is 0.0502. The van der Waals surface area contributed by atoms with Crippen LogP contribution in [0, 0.1) is 55.7 Å². The molecule has 6 atom stereocenters. The number of aryl methyl sites for hydroxylation is 3. The van der Waals surface area contributed by atoms with Crippen LogP contribution >= 0.6 is 23.2 Å². The number of hydrogen-bond donors (Lipinski definition) is 4. The summed E-state index contributed by atoms with van der Waals surface area (Å²) in [5, 5.41) is 4.26. The zero-order valence-electron chi connectivity index (χ0n) is 73.7. The summed E-state index contributed by atoms with van der Waals surface area (Å²) in [4.78, 5) is 111. The van der Waals surface area contributed by atoms with Gasteiger partial charge in [0.1, 0.15) is 41.1 Å². The maximum absolute atomic E-state index is 17.2. The average molecular weight is 1810 g/mol. The zero-order valence-corrected chi connectivity index (χ0v) is 75.2. The molecule has 3 saturated heterocycles. The first-order valence-corrected chi connectivity index (χ1v) is 43.6. The van der Waals surface area contributed by atoms with Gasteiger partial charge in [-0.25, -0.2) is 31.3 Å². The Morgan fingerprint density at radius 2 is 0.923 bits per heavy atom. The Kier molecular flexibility index (Phi) is 24.1. The van der Waals surface area contributed by atoms with E-state index in [9.17, 15) is 28.8 Å². The van der Waals surface area contributed by atoms with E-state index in [0.717, 1.165) is 5.56 Å². The molecule has 0 bridgehead atoms. The van der Waals surface area contributed by atoms with E-state index in [4.69, 9.17) is 45.1 Å². The summed E-state index contributed by atoms with van der Waals surface area (Å²) in [5.74, 6) is -6.00. The Hall–Kier alpha value is -13.5. The standard InChI is InChI=1S/C33H33ClF2N6O2.C33H32ClF2N5O3.C32H32F2N6O2/c1-6-25(43)40-15-20-13-39-29-32(41(20)14-18(40)5)22-12-24(35)26(21-11-19(37)7-8-23(21)34)27(36)31(22)42(33(29)44)30-17(4)9-10-38-28(30)16(2)3;1-6-25(42)39-14-20-15-44-32-31(40(20)13-18(39)5)22-12-24(35)26(21-11-19(37)7-8-23(21)34)27(36)30(22)41(33(32)43)29-17(4)9-10-38-28(29)16(2)3;1-6-25(41)38-15-19-12-21-30(39(19)14-18(38)5)20-13-23(34)28(26-22(33)8-7-9-24(26)35)37-31(20)40(32(21)42)29-17(4)10-11-36-27(29)16(2)3/h6-12,16,18,20,39H,1,13-15,37H2,2-5H3;6-12,16,18,20H,1,13-15,37H2,2-5H3;6-11,13,16,18-19H,1,12,14-15,35H2,2-5H3. The molecule has 7 N–H and O–H groups in total. The number of nitrogens with one attached hydrogen (secondary N) is 1. The topological polar surface area (TPSA) is 288 Å². The van der Waals surface area contributed by atoms with Gasteiger partial charge in [-0.1, -0.05) is 90.5 Å². The van der Waals surface area contributed by atoms with Crippen molar-refractivity contribution in [3.8, 4) is 56.3 Å². The number of anilines is 7. The first-order chi connectivity index (χ1) is 61.9. The smallest absolute Gasteiger partial charge is 0.300 e. The van der Waals surface area contributed by atoms with E-state index in [2.05, 4.69) is 49.9 Å². The van der Waals surface area contributed by atoms with Crippen LogP contribution in [0.25, 0.3) is 83.4 Å². The van der Waals surface area contributed by atoms with Crippen molar-refractivity contribution in [2.24, 2.45) is 0 Å². The molecule has 12 aromatic rings. The van der Waals surface area contributed by atoms with Gasteiger partial charge in [0.05, 0.1) is 97.1 Å². The average Bonchev–Trinajstić information content (AvgIpc) is 1.00. The third kappa shape index (κ3) is 15.1. The lowest BCUT2D eigenvalue weighted by Gasteiger charge is -2.49. The van der Waals surface area contributed by atoms with Gasteiger partial charge in [-0.05, 0) is 179 Å². The lowest BCUT2D eigenvalue weighted by molar-refractivity contribution is -0.129. The molecule has 6 aliphatic heterocycles. The number of halogens is 8. The summed E-state index contributed by atoms with van der Waals surface area (Å²) in [7, 11) is 0. The number of rotatable bonds is 12. The minimum Gasteiger partial charge on any atom is -0.484 e. The minimum absolute atomic E-state index is 0.0176. The monoisotopic (exact) mass is 1810 g/mol. The van der Waals surface area contributed by atoms with E-state index >= 15 is 26.3 Å². The fourth-order valence-electron chi connectivity index (χ4n) is 19.3. The van der Waals surface area contributed by atoms with Crippen LogP contribution in [0.1, 0.15) is 119 Å². The highest BCUT2D eigenvalue weighted by molar-refractivity contribution is 6.34. The van der Waals surface area contributed by atoms with Gasteiger partial charge in [0.25, 0.3) is 16.7 Å². The number of benzene rings is 5. The lowest BCUT2D eigenvalue weighted by atomic mass is 9.96. The molecule has 13 heterocycles. The highest BCUT2D eigenvalue weighted by Crippen LogP contribution is 2.50. The van der Waals surface area contributed by atoms with Gasteiger partial charge in [-0.2, -0.15) is 0 Å². The van der Waals surface area contributed by atoms with Crippen LogP contribution in [-0.2, 0) is 20.8 Å². The van der Waals surface area contributed by atoms with Crippen molar-refractivity contribution in [2.45, 2.75) is 144 Å². The summed E-state index contributed by atoms with van der Waals surface area (Å²) >= 11 is 12.9. The number of aromatic nitrogens is 7. The van der Waals surface area contributed by atoms with Crippen LogP contribution in [0.15, 0.2) is 162 Å². The molecule has 3 amide bonds. The number of carbonyl (C=O) groups excluding carboxylic acids is 3. The molecule has 0 aliphatic carbocycles. The number of carbonyl (C=O) groups is 3. The molecule has 0 saturated carbocycles.